The van der Waals surface area contributed by atoms with Crippen molar-refractivity contribution in [2.75, 3.05) is 19.1 Å². The molecule has 2 aromatic carbocycles. The molecule has 2 amide bonds. The molecule has 2 aromatic rings. The Morgan fingerprint density at radius 2 is 1.61 bits per heavy atom. The maximum absolute atomic E-state index is 13.1. The fourth-order valence-electron chi connectivity index (χ4n) is 3.54. The van der Waals surface area contributed by atoms with Gasteiger partial charge in [0, 0.05) is 10.7 Å². The lowest BCUT2D eigenvalue weighted by Crippen LogP contribution is -2.48. The van der Waals surface area contributed by atoms with Crippen LogP contribution in [0.2, 0.25) is 5.02 Å². The maximum atomic E-state index is 13.1. The van der Waals surface area contributed by atoms with Crippen molar-refractivity contribution in [1.29, 1.82) is 0 Å². The third-order valence-electron chi connectivity index (χ3n) is 4.98. The predicted octanol–water partition coefficient (Wildman–Crippen LogP) is 4.62. The third kappa shape index (κ3) is 4.56. The zero-order valence-electron chi connectivity index (χ0n) is 17.5. The summed E-state index contributed by atoms with van der Waals surface area (Å²) in [6.07, 6.45) is 1.19. The topological polar surface area (TPSA) is 84.9 Å². The largest absolute Gasteiger partial charge is 0.466 e. The number of carbonyl (C=O) groups excluding carboxylic acids is 3. The number of nitrogens with zero attached hydrogens (tertiary/aromatic N) is 1. The van der Waals surface area contributed by atoms with Crippen LogP contribution in [0.3, 0.4) is 0 Å². The van der Waals surface area contributed by atoms with Gasteiger partial charge in [0.05, 0.1) is 37.1 Å². The van der Waals surface area contributed by atoms with Gasteiger partial charge in [-0.2, -0.15) is 0 Å². The minimum atomic E-state index is -0.725. The van der Waals surface area contributed by atoms with E-state index in [9.17, 15) is 14.4 Å². The fourth-order valence-corrected chi connectivity index (χ4v) is 3.67. The average molecular weight is 443 g/mol. The predicted molar refractivity (Wildman–Crippen MR) is 117 cm³/mol. The highest BCUT2D eigenvalue weighted by Gasteiger charge is 2.38. The third-order valence-corrected chi connectivity index (χ3v) is 5.23. The lowest BCUT2D eigenvalue weighted by atomic mass is 9.92. The first kappa shape index (κ1) is 22.4. The Labute approximate surface area is 185 Å². The summed E-state index contributed by atoms with van der Waals surface area (Å²) in [5.74, 6) is -1.01. The Morgan fingerprint density at radius 1 is 1.00 bits per heavy atom. The van der Waals surface area contributed by atoms with Crippen LogP contribution in [0.25, 0.3) is 0 Å². The zero-order valence-corrected chi connectivity index (χ0v) is 18.2. The zero-order chi connectivity index (χ0) is 22.5. The van der Waals surface area contributed by atoms with Gasteiger partial charge in [-0.15, -0.1) is 0 Å². The minimum Gasteiger partial charge on any atom is -0.466 e. The van der Waals surface area contributed by atoms with E-state index in [1.54, 1.807) is 48.5 Å². The molecule has 1 heterocycles. The van der Waals surface area contributed by atoms with Crippen molar-refractivity contribution in [2.24, 2.45) is 0 Å². The van der Waals surface area contributed by atoms with Crippen molar-refractivity contribution in [3.63, 3.8) is 0 Å². The number of halogens is 1. The SMILES string of the molecule is CCCC1=C(C(=O)OC)[C@H](c2ccc(C(=O)OC)cc2)NC(=O)N1c1ccc(Cl)cc1. The van der Waals surface area contributed by atoms with Crippen LogP contribution in [-0.2, 0) is 14.3 Å². The number of esters is 2. The van der Waals surface area contributed by atoms with Crippen LogP contribution in [0.15, 0.2) is 59.8 Å². The van der Waals surface area contributed by atoms with Crippen molar-refractivity contribution < 1.29 is 23.9 Å². The van der Waals surface area contributed by atoms with Crippen LogP contribution in [0.4, 0.5) is 10.5 Å². The smallest absolute Gasteiger partial charge is 0.338 e. The van der Waals surface area contributed by atoms with E-state index in [0.717, 1.165) is 0 Å². The van der Waals surface area contributed by atoms with Gasteiger partial charge in [-0.3, -0.25) is 4.90 Å². The molecule has 0 bridgehead atoms. The molecular formula is C23H23ClN2O5. The van der Waals surface area contributed by atoms with Gasteiger partial charge >= 0.3 is 18.0 Å². The summed E-state index contributed by atoms with van der Waals surface area (Å²) in [6.45, 7) is 1.97. The average Bonchev–Trinajstić information content (AvgIpc) is 2.79. The van der Waals surface area contributed by atoms with Gasteiger partial charge in [-0.25, -0.2) is 14.4 Å². The van der Waals surface area contributed by atoms with E-state index < -0.39 is 18.0 Å². The molecule has 0 saturated heterocycles. The van der Waals surface area contributed by atoms with Crippen molar-refractivity contribution in [1.82, 2.24) is 5.32 Å². The molecule has 7 nitrogen and oxygen atoms in total. The van der Waals surface area contributed by atoms with Crippen LogP contribution < -0.4 is 10.2 Å². The first-order valence-corrected chi connectivity index (χ1v) is 10.1. The summed E-state index contributed by atoms with van der Waals surface area (Å²) < 4.78 is 9.79. The first-order valence-electron chi connectivity index (χ1n) is 9.77. The molecule has 0 aromatic heterocycles. The van der Waals surface area contributed by atoms with Crippen molar-refractivity contribution in [3.05, 3.63) is 76.0 Å². The number of allylic oxidation sites excluding steroid dienone is 1. The second-order valence-electron chi connectivity index (χ2n) is 6.91. The maximum Gasteiger partial charge on any atom is 0.338 e. The number of anilines is 1. The number of carbonyl (C=O) groups is 3. The first-order chi connectivity index (χ1) is 14.9. The summed E-state index contributed by atoms with van der Waals surface area (Å²) in [7, 11) is 2.61. The van der Waals surface area contributed by atoms with E-state index in [4.69, 9.17) is 21.1 Å². The van der Waals surface area contributed by atoms with Crippen LogP contribution in [0.1, 0.15) is 41.7 Å². The summed E-state index contributed by atoms with van der Waals surface area (Å²) >= 11 is 6.00. The van der Waals surface area contributed by atoms with Gasteiger partial charge in [0.2, 0.25) is 0 Å². The molecule has 0 fully saturated rings. The summed E-state index contributed by atoms with van der Waals surface area (Å²) in [6, 6.07) is 12.3. The Balaban J connectivity index is 2.14. The summed E-state index contributed by atoms with van der Waals surface area (Å²) in [5, 5.41) is 3.43. The van der Waals surface area contributed by atoms with Crippen LogP contribution in [0.5, 0.6) is 0 Å². The molecule has 1 atom stereocenters. The highest BCUT2D eigenvalue weighted by atomic mass is 35.5. The molecule has 1 aliphatic rings. The Hall–Kier alpha value is -3.32. The van der Waals surface area contributed by atoms with E-state index >= 15 is 0 Å². The number of hydrogen-bond donors (Lipinski definition) is 1. The van der Waals surface area contributed by atoms with Crippen LogP contribution in [-0.4, -0.2) is 32.2 Å². The molecule has 0 spiro atoms. The molecule has 8 heteroatoms. The molecule has 31 heavy (non-hydrogen) atoms. The van der Waals surface area contributed by atoms with Crippen LogP contribution >= 0.6 is 11.6 Å². The molecule has 3 rings (SSSR count). The Bertz CT molecular complexity index is 1020. The molecule has 1 aliphatic heterocycles. The summed E-state index contributed by atoms with van der Waals surface area (Å²) in [5.41, 5.74) is 2.50. The molecule has 0 saturated carbocycles. The monoisotopic (exact) mass is 442 g/mol. The van der Waals surface area contributed by atoms with E-state index in [0.29, 0.717) is 45.9 Å². The van der Waals surface area contributed by atoms with Gasteiger partial charge in [-0.1, -0.05) is 37.1 Å². The van der Waals surface area contributed by atoms with E-state index in [-0.39, 0.29) is 6.03 Å². The van der Waals surface area contributed by atoms with Gasteiger partial charge in [0.25, 0.3) is 0 Å². The van der Waals surface area contributed by atoms with E-state index in [2.05, 4.69) is 5.32 Å². The molecule has 1 N–H and O–H groups in total. The fraction of sp³-hybridized carbons (Fsp3) is 0.261. The Kier molecular flexibility index (Phi) is 6.97. The number of amides is 2. The number of hydrogen-bond acceptors (Lipinski definition) is 5. The molecule has 162 valence electrons. The second kappa shape index (κ2) is 9.66. The molecular weight excluding hydrogens is 420 g/mol. The van der Waals surface area contributed by atoms with E-state index in [1.165, 1.54) is 19.1 Å². The summed E-state index contributed by atoms with van der Waals surface area (Å²) in [4.78, 5) is 39.2. The van der Waals surface area contributed by atoms with Gasteiger partial charge < -0.3 is 14.8 Å². The number of methoxy groups -OCH3 is 2. The second-order valence-corrected chi connectivity index (χ2v) is 7.35. The number of urea groups is 1. The number of rotatable bonds is 6. The molecule has 0 unspecified atom stereocenters. The highest BCUT2D eigenvalue weighted by Crippen LogP contribution is 2.36. The standard InChI is InChI=1S/C23H23ClN2O5/c1-4-5-18-19(22(28)31-3)20(14-6-8-15(9-7-14)21(27)30-2)25-23(29)26(18)17-12-10-16(24)11-13-17/h6-13,20H,4-5H2,1-3H3,(H,25,29)/t20-/m0/s1. The Morgan fingerprint density at radius 3 is 2.16 bits per heavy atom. The number of nitrogens with one attached hydrogen (secondary N) is 1. The lowest BCUT2D eigenvalue weighted by molar-refractivity contribution is -0.136. The molecule has 0 radical (unpaired) electrons. The molecule has 0 aliphatic carbocycles. The van der Waals surface area contributed by atoms with Crippen molar-refractivity contribution >= 4 is 35.3 Å². The van der Waals surface area contributed by atoms with Crippen molar-refractivity contribution in [3.8, 4) is 0 Å². The number of ether oxygens (including phenoxy) is 2. The lowest BCUT2D eigenvalue weighted by Gasteiger charge is -2.36. The quantitative estimate of drug-likeness (QED) is 0.659. The minimum absolute atomic E-state index is 0.338. The van der Waals surface area contributed by atoms with Gasteiger partial charge in [-0.05, 0) is 48.4 Å². The normalized spacial score (nSPS) is 16.1. The van der Waals surface area contributed by atoms with Gasteiger partial charge in [0.1, 0.15) is 0 Å². The van der Waals surface area contributed by atoms with Gasteiger partial charge in [0.15, 0.2) is 0 Å². The van der Waals surface area contributed by atoms with Crippen molar-refractivity contribution in [2.45, 2.75) is 25.8 Å². The van der Waals surface area contributed by atoms with Crippen LogP contribution in [0, 0.1) is 0 Å². The van der Waals surface area contributed by atoms with E-state index in [1.807, 2.05) is 6.92 Å². The highest BCUT2D eigenvalue weighted by molar-refractivity contribution is 6.30. The number of benzene rings is 2.